The molecule has 0 saturated carbocycles. The Balaban J connectivity index is 1.58. The zero-order chi connectivity index (χ0) is 19.4. The van der Waals surface area contributed by atoms with Gasteiger partial charge in [0.25, 0.3) is 5.91 Å². The molecule has 1 heterocycles. The average molecular weight is 388 g/mol. The third-order valence-electron chi connectivity index (χ3n) is 4.42. The first-order chi connectivity index (χ1) is 12.8. The summed E-state index contributed by atoms with van der Waals surface area (Å²) in [6, 6.07) is 14.7. The maximum Gasteiger partial charge on any atom is 0.254 e. The van der Waals surface area contributed by atoms with Crippen LogP contribution < -0.4 is 9.47 Å². The molecule has 4 nitrogen and oxygen atoms in total. The van der Waals surface area contributed by atoms with E-state index < -0.39 is 0 Å². The maximum absolute atomic E-state index is 12.8. The highest BCUT2D eigenvalue weighted by Crippen LogP contribution is 2.24. The Morgan fingerprint density at radius 1 is 1.07 bits per heavy atom. The molecule has 0 bridgehead atoms. The van der Waals surface area contributed by atoms with E-state index in [-0.39, 0.29) is 17.6 Å². The van der Waals surface area contributed by atoms with Crippen LogP contribution in [-0.4, -0.2) is 35.6 Å². The van der Waals surface area contributed by atoms with Crippen molar-refractivity contribution in [2.75, 3.05) is 13.2 Å². The normalized spacial score (nSPS) is 17.0. The van der Waals surface area contributed by atoms with E-state index in [0.717, 1.165) is 30.9 Å². The van der Waals surface area contributed by atoms with Crippen LogP contribution in [0.15, 0.2) is 48.5 Å². The third-order valence-corrected chi connectivity index (χ3v) is 4.67. The van der Waals surface area contributed by atoms with E-state index in [1.165, 1.54) is 0 Å². The van der Waals surface area contributed by atoms with E-state index in [1.807, 2.05) is 49.9 Å². The number of carbonyl (C=O) groups is 1. The summed E-state index contributed by atoms with van der Waals surface area (Å²) in [5, 5.41) is 0.631. The van der Waals surface area contributed by atoms with Crippen molar-refractivity contribution in [2.45, 2.75) is 45.3 Å². The minimum atomic E-state index is -0.227. The first-order valence-corrected chi connectivity index (χ1v) is 9.68. The highest BCUT2D eigenvalue weighted by molar-refractivity contribution is 6.30. The molecule has 1 saturated heterocycles. The van der Waals surface area contributed by atoms with Gasteiger partial charge in [-0.2, -0.15) is 0 Å². The van der Waals surface area contributed by atoms with Crippen LogP contribution in [0.25, 0.3) is 0 Å². The number of halogens is 1. The van der Waals surface area contributed by atoms with Gasteiger partial charge in [-0.25, -0.2) is 0 Å². The number of carbonyl (C=O) groups excluding carboxylic acids is 1. The Labute approximate surface area is 166 Å². The number of ether oxygens (including phenoxy) is 2. The van der Waals surface area contributed by atoms with Crippen LogP contribution in [0.5, 0.6) is 11.5 Å². The monoisotopic (exact) mass is 387 g/mol. The molecule has 5 heteroatoms. The molecule has 27 heavy (non-hydrogen) atoms. The summed E-state index contributed by atoms with van der Waals surface area (Å²) in [7, 11) is 0. The second-order valence-corrected chi connectivity index (χ2v) is 8.23. The summed E-state index contributed by atoms with van der Waals surface area (Å²) in [6.45, 7) is 7.30. The molecular weight excluding hydrogens is 362 g/mol. The second-order valence-electron chi connectivity index (χ2n) is 7.80. The van der Waals surface area contributed by atoms with Crippen LogP contribution in [0, 0.1) is 0 Å². The summed E-state index contributed by atoms with van der Waals surface area (Å²) >= 11 is 5.91. The minimum absolute atomic E-state index is 0.0340. The predicted octanol–water partition coefficient (Wildman–Crippen LogP) is 5.20. The molecule has 0 radical (unpaired) electrons. The number of amides is 1. The van der Waals surface area contributed by atoms with Crippen LogP contribution in [0.2, 0.25) is 5.02 Å². The molecule has 0 unspecified atom stereocenters. The first-order valence-electron chi connectivity index (χ1n) is 9.30. The molecule has 1 fully saturated rings. The lowest BCUT2D eigenvalue weighted by Gasteiger charge is -2.25. The van der Waals surface area contributed by atoms with Crippen LogP contribution in [-0.2, 0) is 0 Å². The molecular formula is C22H26ClNO3. The maximum atomic E-state index is 12.8. The molecule has 1 aliphatic rings. The van der Waals surface area contributed by atoms with Crippen LogP contribution in [0.3, 0.4) is 0 Å². The quantitative estimate of drug-likeness (QED) is 0.707. The Hall–Kier alpha value is -2.20. The SMILES string of the molecule is CC(C)(C)Oc1ccc(OC[C@H]2CCCN2C(=O)c2ccc(Cl)cc2)cc1. The minimum Gasteiger partial charge on any atom is -0.491 e. The lowest BCUT2D eigenvalue weighted by Crippen LogP contribution is -2.39. The smallest absolute Gasteiger partial charge is 0.254 e. The van der Waals surface area contributed by atoms with Crippen molar-refractivity contribution in [3.63, 3.8) is 0 Å². The number of likely N-dealkylation sites (tertiary alicyclic amines) is 1. The average Bonchev–Trinajstić information content (AvgIpc) is 3.08. The van der Waals surface area contributed by atoms with E-state index in [2.05, 4.69) is 0 Å². The van der Waals surface area contributed by atoms with Gasteiger partial charge >= 0.3 is 0 Å². The van der Waals surface area contributed by atoms with Gasteiger partial charge in [0.2, 0.25) is 0 Å². The Morgan fingerprint density at radius 2 is 1.70 bits per heavy atom. The van der Waals surface area contributed by atoms with Gasteiger partial charge in [0.05, 0.1) is 6.04 Å². The van der Waals surface area contributed by atoms with E-state index in [0.29, 0.717) is 17.2 Å². The number of benzene rings is 2. The molecule has 3 rings (SSSR count). The number of hydrogen-bond acceptors (Lipinski definition) is 3. The van der Waals surface area contributed by atoms with E-state index >= 15 is 0 Å². The van der Waals surface area contributed by atoms with E-state index in [4.69, 9.17) is 21.1 Å². The van der Waals surface area contributed by atoms with Crippen molar-refractivity contribution >= 4 is 17.5 Å². The standard InChI is InChI=1S/C22H26ClNO3/c1-22(2,3)27-20-12-10-19(11-13-20)26-15-18-5-4-14-24(18)21(25)16-6-8-17(23)9-7-16/h6-13,18H,4-5,14-15H2,1-3H3/t18-/m1/s1. The summed E-state index contributed by atoms with van der Waals surface area (Å²) in [5.74, 6) is 1.63. The van der Waals surface area contributed by atoms with Gasteiger partial charge in [0.1, 0.15) is 23.7 Å². The van der Waals surface area contributed by atoms with Gasteiger partial charge in [0, 0.05) is 17.1 Å². The van der Waals surface area contributed by atoms with Crippen LogP contribution in [0.1, 0.15) is 44.0 Å². The molecule has 1 amide bonds. The van der Waals surface area contributed by atoms with Crippen molar-refractivity contribution in [2.24, 2.45) is 0 Å². The Bertz CT molecular complexity index is 766. The van der Waals surface area contributed by atoms with E-state index in [1.54, 1.807) is 24.3 Å². The predicted molar refractivity (Wildman–Crippen MR) is 108 cm³/mol. The molecule has 0 spiro atoms. The largest absolute Gasteiger partial charge is 0.491 e. The van der Waals surface area contributed by atoms with Crippen LogP contribution in [0.4, 0.5) is 0 Å². The molecule has 2 aromatic rings. The van der Waals surface area contributed by atoms with Crippen molar-refractivity contribution < 1.29 is 14.3 Å². The van der Waals surface area contributed by atoms with E-state index in [9.17, 15) is 4.79 Å². The topological polar surface area (TPSA) is 38.8 Å². The van der Waals surface area contributed by atoms with Gasteiger partial charge in [-0.1, -0.05) is 11.6 Å². The zero-order valence-electron chi connectivity index (χ0n) is 16.1. The summed E-state index contributed by atoms with van der Waals surface area (Å²) in [4.78, 5) is 14.7. The molecule has 0 aliphatic carbocycles. The molecule has 2 aromatic carbocycles. The fourth-order valence-electron chi connectivity index (χ4n) is 3.18. The Morgan fingerprint density at radius 3 is 2.33 bits per heavy atom. The fraction of sp³-hybridized carbons (Fsp3) is 0.409. The second kappa shape index (κ2) is 8.22. The first kappa shape index (κ1) is 19.6. The zero-order valence-corrected chi connectivity index (χ0v) is 16.8. The number of rotatable bonds is 5. The molecule has 144 valence electrons. The molecule has 1 aliphatic heterocycles. The number of hydrogen-bond donors (Lipinski definition) is 0. The third kappa shape index (κ3) is 5.39. The van der Waals surface area contributed by atoms with Gasteiger partial charge in [-0.15, -0.1) is 0 Å². The highest BCUT2D eigenvalue weighted by atomic mass is 35.5. The number of nitrogens with zero attached hydrogens (tertiary/aromatic N) is 1. The van der Waals surface area contributed by atoms with Gasteiger partial charge < -0.3 is 14.4 Å². The highest BCUT2D eigenvalue weighted by Gasteiger charge is 2.30. The van der Waals surface area contributed by atoms with Crippen molar-refractivity contribution in [1.29, 1.82) is 0 Å². The lowest BCUT2D eigenvalue weighted by molar-refractivity contribution is 0.0691. The molecule has 1 atom stereocenters. The summed E-state index contributed by atoms with van der Waals surface area (Å²) in [5.41, 5.74) is 0.435. The lowest BCUT2D eigenvalue weighted by atomic mass is 10.1. The van der Waals surface area contributed by atoms with Crippen molar-refractivity contribution in [1.82, 2.24) is 4.90 Å². The fourth-order valence-corrected chi connectivity index (χ4v) is 3.31. The van der Waals surface area contributed by atoms with Gasteiger partial charge in [-0.05, 0) is 82.1 Å². The van der Waals surface area contributed by atoms with Crippen LogP contribution >= 0.6 is 11.6 Å². The summed E-state index contributed by atoms with van der Waals surface area (Å²) < 4.78 is 11.8. The van der Waals surface area contributed by atoms with Gasteiger partial charge in [-0.3, -0.25) is 4.79 Å². The van der Waals surface area contributed by atoms with Gasteiger partial charge in [0.15, 0.2) is 0 Å². The van der Waals surface area contributed by atoms with Crippen molar-refractivity contribution in [3.05, 3.63) is 59.1 Å². The molecule has 0 N–H and O–H groups in total. The Kier molecular flexibility index (Phi) is 5.95. The molecule has 0 aromatic heterocycles. The summed E-state index contributed by atoms with van der Waals surface area (Å²) in [6.07, 6.45) is 1.94. The van der Waals surface area contributed by atoms with Crippen molar-refractivity contribution in [3.8, 4) is 11.5 Å².